The van der Waals surface area contributed by atoms with Crippen LogP contribution in [-0.2, 0) is 25.8 Å². The summed E-state index contributed by atoms with van der Waals surface area (Å²) in [6, 6.07) is 6.30. The molecule has 0 N–H and O–H groups in total. The summed E-state index contributed by atoms with van der Waals surface area (Å²) < 4.78 is 1.56. The molecule has 0 fully saturated rings. The minimum atomic E-state index is -0.432. The zero-order chi connectivity index (χ0) is 19.0. The van der Waals surface area contributed by atoms with Gasteiger partial charge in [-0.25, -0.2) is 4.98 Å². The second-order valence-electron chi connectivity index (χ2n) is 6.61. The fourth-order valence-electron chi connectivity index (χ4n) is 3.59. The Morgan fingerprint density at radius 2 is 2.00 bits per heavy atom. The van der Waals surface area contributed by atoms with E-state index in [9.17, 15) is 14.9 Å². The van der Waals surface area contributed by atoms with E-state index in [-0.39, 0.29) is 17.8 Å². The molecule has 7 heteroatoms. The topological polar surface area (TPSA) is 78.0 Å². The highest BCUT2D eigenvalue weighted by Gasteiger charge is 2.22. The van der Waals surface area contributed by atoms with Gasteiger partial charge in [0.05, 0.1) is 16.9 Å². The molecule has 1 aliphatic carbocycles. The Morgan fingerprint density at radius 3 is 2.70 bits per heavy atom. The molecule has 2 heterocycles. The number of aromatic nitrogens is 2. The van der Waals surface area contributed by atoms with E-state index >= 15 is 0 Å². The number of hydrogen-bond donors (Lipinski definition) is 0. The predicted molar refractivity (Wildman–Crippen MR) is 105 cm³/mol. The number of thiophene rings is 1. The van der Waals surface area contributed by atoms with Crippen LogP contribution < -0.4 is 5.56 Å². The Kier molecular flexibility index (Phi) is 4.50. The van der Waals surface area contributed by atoms with E-state index < -0.39 is 4.92 Å². The number of non-ortho nitro benzene ring substituents is 1. The van der Waals surface area contributed by atoms with Crippen molar-refractivity contribution in [3.63, 3.8) is 0 Å². The lowest BCUT2D eigenvalue weighted by molar-refractivity contribution is -0.384. The maximum Gasteiger partial charge on any atom is 0.269 e. The molecule has 0 saturated carbocycles. The van der Waals surface area contributed by atoms with Crippen molar-refractivity contribution >= 4 is 27.2 Å². The second kappa shape index (κ2) is 6.97. The molecule has 0 radical (unpaired) electrons. The van der Waals surface area contributed by atoms with Gasteiger partial charge >= 0.3 is 0 Å². The molecule has 0 atom stereocenters. The Hall–Kier alpha value is -2.98. The van der Waals surface area contributed by atoms with Gasteiger partial charge in [-0.3, -0.25) is 19.5 Å². The van der Waals surface area contributed by atoms with Crippen LogP contribution in [0.3, 0.4) is 0 Å². The quantitative estimate of drug-likeness (QED) is 0.395. The lowest BCUT2D eigenvalue weighted by atomic mass is 9.97. The second-order valence-corrected chi connectivity index (χ2v) is 7.70. The molecular formula is C20H17N3O3S. The molecule has 4 rings (SSSR count). The van der Waals surface area contributed by atoms with Gasteiger partial charge in [-0.15, -0.1) is 17.8 Å². The summed E-state index contributed by atoms with van der Waals surface area (Å²) in [5.41, 5.74) is 1.95. The van der Waals surface area contributed by atoms with Gasteiger partial charge in [0, 0.05) is 23.4 Å². The predicted octanol–water partition coefficient (Wildman–Crippen LogP) is 3.47. The normalized spacial score (nSPS) is 13.3. The molecule has 136 valence electrons. The summed E-state index contributed by atoms with van der Waals surface area (Å²) in [7, 11) is 0. The van der Waals surface area contributed by atoms with E-state index in [1.807, 2.05) is 0 Å². The summed E-state index contributed by atoms with van der Waals surface area (Å²) in [6.07, 6.45) is 10.1. The molecule has 0 unspecified atom stereocenters. The summed E-state index contributed by atoms with van der Waals surface area (Å²) in [5.74, 6) is 3.14. The van der Waals surface area contributed by atoms with Crippen LogP contribution in [0.25, 0.3) is 10.2 Å². The van der Waals surface area contributed by atoms with Crippen LogP contribution in [0.5, 0.6) is 0 Å². The molecule has 1 aromatic carbocycles. The third-order valence-electron chi connectivity index (χ3n) is 4.91. The number of fused-ring (bicyclic) bond motifs is 3. The van der Waals surface area contributed by atoms with E-state index in [0.29, 0.717) is 12.2 Å². The van der Waals surface area contributed by atoms with Gasteiger partial charge in [0.25, 0.3) is 11.2 Å². The van der Waals surface area contributed by atoms with Gasteiger partial charge in [-0.05, 0) is 36.8 Å². The highest BCUT2D eigenvalue weighted by molar-refractivity contribution is 7.18. The van der Waals surface area contributed by atoms with Crippen LogP contribution >= 0.6 is 11.3 Å². The maximum atomic E-state index is 13.2. The monoisotopic (exact) mass is 379 g/mol. The van der Waals surface area contributed by atoms with E-state index in [1.165, 1.54) is 17.0 Å². The van der Waals surface area contributed by atoms with Crippen molar-refractivity contribution in [3.8, 4) is 12.3 Å². The van der Waals surface area contributed by atoms with Crippen LogP contribution in [0.1, 0.15) is 34.7 Å². The first kappa shape index (κ1) is 17.4. The summed E-state index contributed by atoms with van der Waals surface area (Å²) >= 11 is 1.61. The Labute approximate surface area is 159 Å². The lowest BCUT2D eigenvalue weighted by Crippen LogP contribution is -2.25. The van der Waals surface area contributed by atoms with Gasteiger partial charge in [0.2, 0.25) is 0 Å². The molecule has 1 aliphatic rings. The van der Waals surface area contributed by atoms with Crippen molar-refractivity contribution in [1.82, 2.24) is 9.55 Å². The van der Waals surface area contributed by atoms with Gasteiger partial charge in [0.15, 0.2) is 0 Å². The van der Waals surface area contributed by atoms with E-state index in [2.05, 4.69) is 5.92 Å². The zero-order valence-corrected chi connectivity index (χ0v) is 15.4. The molecule has 0 spiro atoms. The molecule has 0 amide bonds. The Morgan fingerprint density at radius 1 is 1.26 bits per heavy atom. The number of nitro benzene ring substituents is 1. The van der Waals surface area contributed by atoms with Crippen LogP contribution in [0.15, 0.2) is 29.1 Å². The average molecular weight is 379 g/mol. The molecule has 0 aliphatic heterocycles. The van der Waals surface area contributed by atoms with Crippen molar-refractivity contribution in [3.05, 3.63) is 66.6 Å². The smallest absolute Gasteiger partial charge is 0.269 e. The number of hydrogen-bond acceptors (Lipinski definition) is 5. The van der Waals surface area contributed by atoms with Gasteiger partial charge < -0.3 is 0 Å². The van der Waals surface area contributed by atoms with Gasteiger partial charge in [0.1, 0.15) is 10.7 Å². The van der Waals surface area contributed by atoms with Crippen LogP contribution in [0, 0.1) is 22.5 Å². The van der Waals surface area contributed by atoms with E-state index in [0.717, 1.165) is 47.0 Å². The van der Waals surface area contributed by atoms with Gasteiger partial charge in [-0.2, -0.15) is 0 Å². The highest BCUT2D eigenvalue weighted by Crippen LogP contribution is 2.34. The van der Waals surface area contributed by atoms with Crippen molar-refractivity contribution in [2.45, 2.75) is 38.6 Å². The molecule has 0 saturated heterocycles. The highest BCUT2D eigenvalue weighted by atomic mass is 32.1. The number of rotatable bonds is 4. The first-order valence-electron chi connectivity index (χ1n) is 8.79. The first-order valence-corrected chi connectivity index (χ1v) is 9.61. The molecular weight excluding hydrogens is 362 g/mol. The van der Waals surface area contributed by atoms with Gasteiger partial charge in [-0.1, -0.05) is 18.1 Å². The molecule has 27 heavy (non-hydrogen) atoms. The van der Waals surface area contributed by atoms with Crippen molar-refractivity contribution in [2.75, 3.05) is 0 Å². The lowest BCUT2D eigenvalue weighted by Gasteiger charge is -2.12. The summed E-state index contributed by atoms with van der Waals surface area (Å²) in [6.45, 7) is 0.161. The maximum absolute atomic E-state index is 13.2. The number of benzene rings is 1. The first-order chi connectivity index (χ1) is 13.1. The van der Waals surface area contributed by atoms with Crippen molar-refractivity contribution in [2.24, 2.45) is 0 Å². The van der Waals surface area contributed by atoms with Crippen LogP contribution in [0.4, 0.5) is 5.69 Å². The fraction of sp³-hybridized carbons (Fsp3) is 0.300. The third kappa shape index (κ3) is 3.13. The molecule has 3 aromatic rings. The average Bonchev–Trinajstić information content (AvgIpc) is 3.03. The summed E-state index contributed by atoms with van der Waals surface area (Å²) in [4.78, 5) is 30.3. The largest absolute Gasteiger partial charge is 0.284 e. The fourth-order valence-corrected chi connectivity index (χ4v) is 4.86. The standard InChI is InChI=1S/C20H17N3O3S/c1-2-11-22-17(12-13-7-9-14(10-8-13)23(25)26)21-19-18(20(22)24)15-5-3-4-6-16(15)27-19/h1,7-10H,3-6,11-12H2. The SMILES string of the molecule is C#CCn1c(Cc2ccc([N+](=O)[O-])cc2)nc2sc3c(c2c1=O)CCCC3. The minimum Gasteiger partial charge on any atom is -0.284 e. The zero-order valence-electron chi connectivity index (χ0n) is 14.6. The van der Waals surface area contributed by atoms with Crippen molar-refractivity contribution in [1.29, 1.82) is 0 Å². The molecule has 2 aromatic heterocycles. The molecule has 6 nitrogen and oxygen atoms in total. The summed E-state index contributed by atoms with van der Waals surface area (Å²) in [5, 5.41) is 11.5. The number of aryl methyl sites for hydroxylation is 2. The number of nitrogens with zero attached hydrogens (tertiary/aromatic N) is 3. The Balaban J connectivity index is 1.82. The number of terminal acetylenes is 1. The third-order valence-corrected chi connectivity index (χ3v) is 6.10. The Bertz CT molecular complexity index is 1140. The van der Waals surface area contributed by atoms with Crippen LogP contribution in [-0.4, -0.2) is 14.5 Å². The number of nitro groups is 1. The van der Waals surface area contributed by atoms with E-state index in [4.69, 9.17) is 11.4 Å². The van der Waals surface area contributed by atoms with Crippen LogP contribution in [0.2, 0.25) is 0 Å². The minimum absolute atomic E-state index is 0.0362. The van der Waals surface area contributed by atoms with Crippen molar-refractivity contribution < 1.29 is 4.92 Å². The molecule has 0 bridgehead atoms. The van der Waals surface area contributed by atoms with E-state index in [1.54, 1.807) is 28.0 Å².